The molecule has 0 aromatic heterocycles. The third kappa shape index (κ3) is 3.60. The minimum atomic E-state index is -3.75. The fraction of sp³-hybridized carbons (Fsp3) is 0.308. The fourth-order valence-corrected chi connectivity index (χ4v) is 4.10. The van der Waals surface area contributed by atoms with Crippen molar-refractivity contribution in [3.8, 4) is 12.3 Å². The Morgan fingerprint density at radius 1 is 1.50 bits per heavy atom. The van der Waals surface area contributed by atoms with Crippen LogP contribution in [0.4, 0.5) is 0 Å². The normalized spacial score (nSPS) is 11.3. The molecule has 0 amide bonds. The summed E-state index contributed by atoms with van der Waals surface area (Å²) in [4.78, 5) is 10.9. The molecule has 20 heavy (non-hydrogen) atoms. The maximum absolute atomic E-state index is 12.5. The molecule has 0 bridgehead atoms. The highest BCUT2D eigenvalue weighted by Gasteiger charge is 2.25. The van der Waals surface area contributed by atoms with Gasteiger partial charge in [0.25, 0.3) is 0 Å². The van der Waals surface area contributed by atoms with Gasteiger partial charge in [-0.05, 0) is 40.5 Å². The monoisotopic (exact) mass is 359 g/mol. The number of carboxylic acids is 1. The number of sulfonamides is 1. The summed E-state index contributed by atoms with van der Waals surface area (Å²) < 4.78 is 26.3. The molecule has 0 atom stereocenters. The van der Waals surface area contributed by atoms with Crippen molar-refractivity contribution in [1.29, 1.82) is 0 Å². The second kappa shape index (κ2) is 6.88. The van der Waals surface area contributed by atoms with Gasteiger partial charge in [0, 0.05) is 11.0 Å². The van der Waals surface area contributed by atoms with Crippen LogP contribution in [0, 0.1) is 12.3 Å². The van der Waals surface area contributed by atoms with Crippen LogP contribution in [0.5, 0.6) is 0 Å². The quantitative estimate of drug-likeness (QED) is 0.789. The van der Waals surface area contributed by atoms with E-state index in [0.717, 1.165) is 0 Å². The molecule has 0 radical (unpaired) electrons. The summed E-state index contributed by atoms with van der Waals surface area (Å²) in [6, 6.07) is 3.78. The summed E-state index contributed by atoms with van der Waals surface area (Å²) in [5, 5.41) is 8.87. The molecule has 1 aromatic carbocycles. The molecule has 5 nitrogen and oxygen atoms in total. The zero-order valence-electron chi connectivity index (χ0n) is 10.8. The average molecular weight is 360 g/mol. The fourth-order valence-electron chi connectivity index (χ4n) is 1.62. The van der Waals surface area contributed by atoms with Crippen molar-refractivity contribution in [3.05, 3.63) is 28.2 Å². The van der Waals surface area contributed by atoms with E-state index >= 15 is 0 Å². The highest BCUT2D eigenvalue weighted by atomic mass is 79.9. The molecule has 0 aliphatic carbocycles. The molecule has 0 saturated carbocycles. The van der Waals surface area contributed by atoms with Crippen LogP contribution in [0.15, 0.2) is 27.6 Å². The van der Waals surface area contributed by atoms with Gasteiger partial charge in [0.05, 0.1) is 17.0 Å². The first-order chi connectivity index (χ1) is 9.34. The molecular formula is C13H14BrNO4S. The van der Waals surface area contributed by atoms with Crippen LogP contribution in [0.3, 0.4) is 0 Å². The van der Waals surface area contributed by atoms with Crippen molar-refractivity contribution in [3.63, 3.8) is 0 Å². The summed E-state index contributed by atoms with van der Waals surface area (Å²) in [5.41, 5.74) is 0.00909. The molecule has 0 saturated heterocycles. The summed E-state index contributed by atoms with van der Waals surface area (Å²) in [7, 11) is -3.75. The Kier molecular flexibility index (Phi) is 5.74. The maximum atomic E-state index is 12.5. The minimum Gasteiger partial charge on any atom is -0.478 e. The molecule has 7 heteroatoms. The van der Waals surface area contributed by atoms with E-state index < -0.39 is 16.0 Å². The van der Waals surface area contributed by atoms with Gasteiger partial charge in [0.15, 0.2) is 0 Å². The van der Waals surface area contributed by atoms with E-state index in [1.54, 1.807) is 0 Å². The Balaban J connectivity index is 3.27. The van der Waals surface area contributed by atoms with Gasteiger partial charge >= 0.3 is 5.97 Å². The number of carboxylic acid groups (broad SMARTS) is 1. The van der Waals surface area contributed by atoms with E-state index in [1.807, 2.05) is 6.92 Å². The van der Waals surface area contributed by atoms with Gasteiger partial charge in [-0.1, -0.05) is 12.8 Å². The summed E-state index contributed by atoms with van der Waals surface area (Å²) in [6.45, 7) is 2.13. The molecule has 0 aliphatic heterocycles. The maximum Gasteiger partial charge on any atom is 0.335 e. The number of aromatic carboxylic acids is 1. The molecule has 1 rings (SSSR count). The largest absolute Gasteiger partial charge is 0.478 e. The number of hydrogen-bond donors (Lipinski definition) is 1. The molecule has 0 spiro atoms. The highest BCUT2D eigenvalue weighted by Crippen LogP contribution is 2.26. The van der Waals surface area contributed by atoms with Gasteiger partial charge in [0.2, 0.25) is 10.0 Å². The molecule has 1 N–H and O–H groups in total. The standard InChI is InChI=1S/C13H14BrNO4S/c1-3-7-15(8-4-2)20(18,19)12-6-5-10(13(16)17)9-11(12)14/h1,5-6,9H,4,7-8H2,2H3,(H,16,17). The lowest BCUT2D eigenvalue weighted by Crippen LogP contribution is -2.32. The first-order valence-electron chi connectivity index (χ1n) is 5.81. The number of nitrogens with zero attached hydrogens (tertiary/aromatic N) is 1. The smallest absolute Gasteiger partial charge is 0.335 e. The number of rotatable bonds is 6. The van der Waals surface area contributed by atoms with Crippen molar-refractivity contribution in [1.82, 2.24) is 4.31 Å². The Morgan fingerprint density at radius 2 is 2.15 bits per heavy atom. The lowest BCUT2D eigenvalue weighted by Gasteiger charge is -2.20. The predicted octanol–water partition coefficient (Wildman–Crippen LogP) is 2.18. The van der Waals surface area contributed by atoms with E-state index in [1.165, 1.54) is 22.5 Å². The number of terminal acetylenes is 1. The summed E-state index contributed by atoms with van der Waals surface area (Å²) in [5.74, 6) is 1.19. The zero-order chi connectivity index (χ0) is 15.3. The predicted molar refractivity (Wildman–Crippen MR) is 79.0 cm³/mol. The minimum absolute atomic E-state index is 0.00574. The van der Waals surface area contributed by atoms with Crippen molar-refractivity contribution >= 4 is 31.9 Å². The third-order valence-electron chi connectivity index (χ3n) is 2.54. The van der Waals surface area contributed by atoms with Crippen LogP contribution in [0.2, 0.25) is 0 Å². The van der Waals surface area contributed by atoms with Crippen molar-refractivity contribution in [2.75, 3.05) is 13.1 Å². The van der Waals surface area contributed by atoms with Crippen LogP contribution in [0.25, 0.3) is 0 Å². The lowest BCUT2D eigenvalue weighted by atomic mass is 10.2. The van der Waals surface area contributed by atoms with Gasteiger partial charge in [-0.25, -0.2) is 13.2 Å². The molecule has 0 heterocycles. The summed E-state index contributed by atoms with van der Waals surface area (Å²) in [6.07, 6.45) is 5.82. The molecular weight excluding hydrogens is 346 g/mol. The van der Waals surface area contributed by atoms with Gasteiger partial charge in [-0.15, -0.1) is 6.42 Å². The number of carbonyl (C=O) groups is 1. The van der Waals surface area contributed by atoms with Crippen LogP contribution < -0.4 is 0 Å². The van der Waals surface area contributed by atoms with Gasteiger partial charge < -0.3 is 5.11 Å². The van der Waals surface area contributed by atoms with Crippen molar-refractivity contribution < 1.29 is 18.3 Å². The van der Waals surface area contributed by atoms with Crippen molar-refractivity contribution in [2.45, 2.75) is 18.2 Å². The molecule has 1 aromatic rings. The Hall–Kier alpha value is -1.36. The lowest BCUT2D eigenvalue weighted by molar-refractivity contribution is 0.0696. The Labute approximate surface area is 126 Å². The van der Waals surface area contributed by atoms with Crippen LogP contribution in [0.1, 0.15) is 23.7 Å². The topological polar surface area (TPSA) is 74.7 Å². The number of halogens is 1. The number of hydrogen-bond acceptors (Lipinski definition) is 3. The van der Waals surface area contributed by atoms with E-state index in [4.69, 9.17) is 11.5 Å². The van der Waals surface area contributed by atoms with Gasteiger partial charge in [0.1, 0.15) is 0 Å². The van der Waals surface area contributed by atoms with Crippen LogP contribution in [-0.4, -0.2) is 36.9 Å². The zero-order valence-corrected chi connectivity index (χ0v) is 13.2. The van der Waals surface area contributed by atoms with E-state index in [-0.39, 0.29) is 21.5 Å². The second-order valence-electron chi connectivity index (χ2n) is 3.99. The Bertz CT molecular complexity index is 649. The molecule has 0 unspecified atom stereocenters. The van der Waals surface area contributed by atoms with E-state index in [0.29, 0.717) is 13.0 Å². The molecule has 0 aliphatic rings. The van der Waals surface area contributed by atoms with Crippen LogP contribution >= 0.6 is 15.9 Å². The van der Waals surface area contributed by atoms with E-state index in [2.05, 4.69) is 21.9 Å². The molecule has 108 valence electrons. The van der Waals surface area contributed by atoms with Gasteiger partial charge in [-0.2, -0.15) is 4.31 Å². The van der Waals surface area contributed by atoms with E-state index in [9.17, 15) is 13.2 Å². The van der Waals surface area contributed by atoms with Crippen LogP contribution in [-0.2, 0) is 10.0 Å². The number of benzene rings is 1. The molecule has 0 fully saturated rings. The first-order valence-corrected chi connectivity index (χ1v) is 8.04. The average Bonchev–Trinajstić information content (AvgIpc) is 2.37. The first kappa shape index (κ1) is 16.7. The summed E-state index contributed by atoms with van der Waals surface area (Å²) >= 11 is 3.10. The third-order valence-corrected chi connectivity index (χ3v) is 5.36. The second-order valence-corrected chi connectivity index (χ2v) is 6.75. The van der Waals surface area contributed by atoms with Gasteiger partial charge in [-0.3, -0.25) is 0 Å². The Morgan fingerprint density at radius 3 is 2.60 bits per heavy atom. The highest BCUT2D eigenvalue weighted by molar-refractivity contribution is 9.10. The SMILES string of the molecule is C#CCN(CCC)S(=O)(=O)c1ccc(C(=O)O)cc1Br. The van der Waals surface area contributed by atoms with Crippen molar-refractivity contribution in [2.24, 2.45) is 0 Å².